The summed E-state index contributed by atoms with van der Waals surface area (Å²) in [4.78, 5) is 39.7. The van der Waals surface area contributed by atoms with Crippen LogP contribution in [0.5, 0.6) is 23.0 Å². The Morgan fingerprint density at radius 3 is 2.53 bits per heavy atom. The van der Waals surface area contributed by atoms with Crippen LogP contribution in [-0.4, -0.2) is 35.4 Å². The van der Waals surface area contributed by atoms with Crippen molar-refractivity contribution in [2.45, 2.75) is 20.4 Å². The van der Waals surface area contributed by atoms with Crippen molar-refractivity contribution in [3.8, 4) is 23.0 Å². The lowest BCUT2D eigenvalue weighted by Gasteiger charge is -2.14. The molecule has 2 aliphatic rings. The van der Waals surface area contributed by atoms with Crippen LogP contribution in [0.25, 0.3) is 6.08 Å². The number of fused-ring (bicyclic) bond motifs is 1. The normalized spacial score (nSPS) is 15.3. The van der Waals surface area contributed by atoms with Gasteiger partial charge in [-0.2, -0.15) is 0 Å². The highest BCUT2D eigenvalue weighted by molar-refractivity contribution is 8.18. The molecule has 38 heavy (non-hydrogen) atoms. The SMILES string of the molecule is CCOc1cc(/C=C2\SC(=O)N(Cc3cc4c(cc3Cl)OCO4)C2=O)ccc1OC(=O)c1ccc(C)cc1. The van der Waals surface area contributed by atoms with Crippen LogP contribution in [-0.2, 0) is 11.3 Å². The van der Waals surface area contributed by atoms with Gasteiger partial charge in [0, 0.05) is 11.1 Å². The van der Waals surface area contributed by atoms with Crippen LogP contribution in [0.4, 0.5) is 4.79 Å². The summed E-state index contributed by atoms with van der Waals surface area (Å²) in [5.74, 6) is 0.668. The van der Waals surface area contributed by atoms with Crippen LogP contribution in [0.3, 0.4) is 0 Å². The minimum Gasteiger partial charge on any atom is -0.490 e. The molecule has 3 aromatic rings. The molecule has 2 heterocycles. The van der Waals surface area contributed by atoms with E-state index in [0.29, 0.717) is 45.6 Å². The Kier molecular flexibility index (Phi) is 7.31. The Morgan fingerprint density at radius 1 is 1.05 bits per heavy atom. The van der Waals surface area contributed by atoms with Crippen LogP contribution >= 0.6 is 23.4 Å². The number of imide groups is 1. The van der Waals surface area contributed by atoms with Gasteiger partial charge in [-0.15, -0.1) is 0 Å². The molecule has 0 bridgehead atoms. The summed E-state index contributed by atoms with van der Waals surface area (Å²) < 4.78 is 21.9. The largest absolute Gasteiger partial charge is 0.490 e. The number of esters is 1. The minimum absolute atomic E-state index is 0.00439. The maximum atomic E-state index is 13.1. The van der Waals surface area contributed by atoms with Crippen molar-refractivity contribution in [2.24, 2.45) is 0 Å². The molecule has 0 saturated carbocycles. The average Bonchev–Trinajstić information content (AvgIpc) is 3.45. The van der Waals surface area contributed by atoms with Crippen molar-refractivity contribution in [3.05, 3.63) is 86.8 Å². The topological polar surface area (TPSA) is 91.4 Å². The predicted molar refractivity (Wildman–Crippen MR) is 143 cm³/mol. The number of benzene rings is 3. The van der Waals surface area contributed by atoms with Crippen LogP contribution < -0.4 is 18.9 Å². The first-order chi connectivity index (χ1) is 18.3. The summed E-state index contributed by atoms with van der Waals surface area (Å²) >= 11 is 7.17. The Labute approximate surface area is 228 Å². The van der Waals surface area contributed by atoms with Crippen molar-refractivity contribution in [1.29, 1.82) is 0 Å². The minimum atomic E-state index is -0.512. The summed E-state index contributed by atoms with van der Waals surface area (Å²) in [6.07, 6.45) is 1.60. The molecule has 0 spiro atoms. The van der Waals surface area contributed by atoms with Gasteiger partial charge in [0.15, 0.2) is 23.0 Å². The van der Waals surface area contributed by atoms with Gasteiger partial charge in [0.2, 0.25) is 6.79 Å². The number of aryl methyl sites for hydroxylation is 1. The Balaban J connectivity index is 1.34. The number of carbonyl (C=O) groups excluding carboxylic acids is 3. The second-order valence-corrected chi connectivity index (χ2v) is 9.86. The van der Waals surface area contributed by atoms with Crippen molar-refractivity contribution in [1.82, 2.24) is 4.90 Å². The lowest BCUT2D eigenvalue weighted by molar-refractivity contribution is -0.123. The molecule has 194 valence electrons. The molecule has 8 nitrogen and oxygen atoms in total. The third-order valence-electron chi connectivity index (χ3n) is 5.80. The first-order valence-corrected chi connectivity index (χ1v) is 12.9. The fourth-order valence-electron chi connectivity index (χ4n) is 3.85. The van der Waals surface area contributed by atoms with Gasteiger partial charge in [-0.1, -0.05) is 35.4 Å². The number of hydrogen-bond donors (Lipinski definition) is 0. The quantitative estimate of drug-likeness (QED) is 0.194. The molecule has 3 aromatic carbocycles. The highest BCUT2D eigenvalue weighted by Gasteiger charge is 2.36. The number of amides is 2. The molecule has 10 heteroatoms. The zero-order valence-corrected chi connectivity index (χ0v) is 22.1. The van der Waals surface area contributed by atoms with Crippen LogP contribution in [0.1, 0.15) is 34.0 Å². The molecule has 0 aliphatic carbocycles. The Bertz CT molecular complexity index is 1470. The zero-order valence-electron chi connectivity index (χ0n) is 20.5. The molecule has 0 atom stereocenters. The summed E-state index contributed by atoms with van der Waals surface area (Å²) in [6.45, 7) is 4.17. The standard InChI is InChI=1S/C28H22ClNO7S/c1-3-34-22-10-17(6-9-21(22)37-27(32)18-7-4-16(2)5-8-18)11-25-26(31)30(28(33)38-25)14-19-12-23-24(13-20(19)29)36-15-35-23/h4-13H,3,14-15H2,1-2H3/b25-11-. The van der Waals surface area contributed by atoms with Crippen LogP contribution in [0, 0.1) is 6.92 Å². The molecule has 0 radical (unpaired) electrons. The number of rotatable bonds is 7. The summed E-state index contributed by atoms with van der Waals surface area (Å²) in [5.41, 5.74) is 2.62. The van der Waals surface area contributed by atoms with Crippen LogP contribution in [0.2, 0.25) is 5.02 Å². The molecule has 2 aliphatic heterocycles. The van der Waals surface area contributed by atoms with Gasteiger partial charge in [-0.25, -0.2) is 4.79 Å². The number of nitrogens with zero attached hydrogens (tertiary/aromatic N) is 1. The van der Waals surface area contributed by atoms with Gasteiger partial charge in [0.1, 0.15) is 0 Å². The lowest BCUT2D eigenvalue weighted by Crippen LogP contribution is -2.27. The van der Waals surface area contributed by atoms with Gasteiger partial charge in [-0.3, -0.25) is 14.5 Å². The van der Waals surface area contributed by atoms with E-state index in [-0.39, 0.29) is 24.0 Å². The van der Waals surface area contributed by atoms with Gasteiger partial charge in [-0.05, 0) is 73.1 Å². The predicted octanol–water partition coefficient (Wildman–Crippen LogP) is 6.23. The molecular weight excluding hydrogens is 530 g/mol. The molecule has 1 saturated heterocycles. The van der Waals surface area contributed by atoms with Gasteiger partial charge in [0.05, 0.1) is 23.6 Å². The van der Waals surface area contributed by atoms with E-state index in [1.54, 1.807) is 48.5 Å². The Morgan fingerprint density at radius 2 is 1.79 bits per heavy atom. The monoisotopic (exact) mass is 551 g/mol. The Hall–Kier alpha value is -3.95. The number of carbonyl (C=O) groups is 3. The summed E-state index contributed by atoms with van der Waals surface area (Å²) in [7, 11) is 0. The van der Waals surface area contributed by atoms with Gasteiger partial charge < -0.3 is 18.9 Å². The van der Waals surface area contributed by atoms with Crippen LogP contribution in [0.15, 0.2) is 59.5 Å². The first-order valence-electron chi connectivity index (χ1n) is 11.7. The van der Waals surface area contributed by atoms with Crippen molar-refractivity contribution in [2.75, 3.05) is 13.4 Å². The molecule has 1 fully saturated rings. The van der Waals surface area contributed by atoms with Crippen molar-refractivity contribution < 1.29 is 33.3 Å². The van der Waals surface area contributed by atoms with Gasteiger partial charge in [0.25, 0.3) is 11.1 Å². The van der Waals surface area contributed by atoms with E-state index in [0.717, 1.165) is 22.2 Å². The molecule has 0 unspecified atom stereocenters. The molecule has 0 N–H and O–H groups in total. The maximum absolute atomic E-state index is 13.1. The van der Waals surface area contributed by atoms with Crippen molar-refractivity contribution in [3.63, 3.8) is 0 Å². The fraction of sp³-hybridized carbons (Fsp3) is 0.179. The van der Waals surface area contributed by atoms with E-state index in [1.807, 2.05) is 26.0 Å². The second-order valence-electron chi connectivity index (χ2n) is 8.46. The third kappa shape index (κ3) is 5.34. The zero-order chi connectivity index (χ0) is 26.8. The van der Waals surface area contributed by atoms with E-state index in [9.17, 15) is 14.4 Å². The summed E-state index contributed by atoms with van der Waals surface area (Å²) in [5, 5.41) is -0.0435. The van der Waals surface area contributed by atoms with E-state index < -0.39 is 17.1 Å². The van der Waals surface area contributed by atoms with Crippen molar-refractivity contribution >= 4 is 46.6 Å². The molecule has 2 amide bonds. The van der Waals surface area contributed by atoms with E-state index in [2.05, 4.69) is 0 Å². The average molecular weight is 552 g/mol. The maximum Gasteiger partial charge on any atom is 0.343 e. The van der Waals surface area contributed by atoms with Gasteiger partial charge >= 0.3 is 5.97 Å². The van der Waals surface area contributed by atoms with E-state index in [1.165, 1.54) is 0 Å². The molecule has 5 rings (SSSR count). The van der Waals surface area contributed by atoms with E-state index >= 15 is 0 Å². The smallest absolute Gasteiger partial charge is 0.343 e. The number of hydrogen-bond acceptors (Lipinski definition) is 8. The number of thioether (sulfide) groups is 1. The third-order valence-corrected chi connectivity index (χ3v) is 7.06. The second kappa shape index (κ2) is 10.8. The van der Waals surface area contributed by atoms with E-state index in [4.69, 9.17) is 30.5 Å². The fourth-order valence-corrected chi connectivity index (χ4v) is 4.91. The number of ether oxygens (including phenoxy) is 4. The summed E-state index contributed by atoms with van der Waals surface area (Å²) in [6, 6.07) is 15.3. The molecule has 0 aromatic heterocycles. The lowest BCUT2D eigenvalue weighted by atomic mass is 10.1. The highest BCUT2D eigenvalue weighted by Crippen LogP contribution is 2.40. The molecular formula is C28H22ClNO7S. The highest BCUT2D eigenvalue weighted by atomic mass is 35.5. The number of halogens is 1. The first kappa shape index (κ1) is 25.7.